The first-order valence-electron chi connectivity index (χ1n) is 5.03. The SMILES string of the molecule is Cc1nn(C)cc1Nc1nccc(C#N)c1N. The van der Waals surface area contributed by atoms with Crippen LogP contribution in [0.15, 0.2) is 18.5 Å². The molecule has 0 fully saturated rings. The van der Waals surface area contributed by atoms with Gasteiger partial charge in [-0.25, -0.2) is 4.98 Å². The molecule has 0 unspecified atom stereocenters. The summed E-state index contributed by atoms with van der Waals surface area (Å²) in [5, 5.41) is 16.1. The second-order valence-electron chi connectivity index (χ2n) is 3.66. The van der Waals surface area contributed by atoms with E-state index in [0.29, 0.717) is 17.1 Å². The van der Waals surface area contributed by atoms with Crippen molar-refractivity contribution >= 4 is 17.2 Å². The summed E-state index contributed by atoms with van der Waals surface area (Å²) in [6.45, 7) is 1.88. The third-order valence-corrected chi connectivity index (χ3v) is 2.38. The molecule has 0 spiro atoms. The Bertz CT molecular complexity index is 592. The Kier molecular flexibility index (Phi) is 2.66. The molecule has 3 N–H and O–H groups in total. The summed E-state index contributed by atoms with van der Waals surface area (Å²) in [5.74, 6) is 0.472. The third kappa shape index (κ3) is 2.03. The maximum atomic E-state index is 8.87. The zero-order valence-electron chi connectivity index (χ0n) is 9.60. The van der Waals surface area contributed by atoms with Gasteiger partial charge in [0, 0.05) is 19.4 Å². The van der Waals surface area contributed by atoms with E-state index in [1.807, 2.05) is 26.2 Å². The smallest absolute Gasteiger partial charge is 0.155 e. The molecule has 0 bridgehead atoms. The summed E-state index contributed by atoms with van der Waals surface area (Å²) >= 11 is 0. The van der Waals surface area contributed by atoms with Gasteiger partial charge in [0.15, 0.2) is 5.82 Å². The van der Waals surface area contributed by atoms with Crippen LogP contribution >= 0.6 is 0 Å². The van der Waals surface area contributed by atoms with Crippen LogP contribution in [-0.4, -0.2) is 14.8 Å². The Morgan fingerprint density at radius 1 is 1.53 bits per heavy atom. The second-order valence-corrected chi connectivity index (χ2v) is 3.66. The third-order valence-electron chi connectivity index (χ3n) is 2.38. The number of nitriles is 1. The number of nitrogens with one attached hydrogen (secondary N) is 1. The van der Waals surface area contributed by atoms with E-state index in [9.17, 15) is 0 Å². The van der Waals surface area contributed by atoms with Crippen LogP contribution in [0.25, 0.3) is 0 Å². The van der Waals surface area contributed by atoms with Gasteiger partial charge in [-0.15, -0.1) is 0 Å². The molecule has 0 saturated carbocycles. The van der Waals surface area contributed by atoms with Gasteiger partial charge < -0.3 is 11.1 Å². The van der Waals surface area contributed by atoms with E-state index in [2.05, 4.69) is 15.4 Å². The quantitative estimate of drug-likeness (QED) is 0.808. The lowest BCUT2D eigenvalue weighted by molar-refractivity contribution is 0.756. The summed E-state index contributed by atoms with van der Waals surface area (Å²) in [5.41, 5.74) is 8.24. The van der Waals surface area contributed by atoms with Gasteiger partial charge in [0.05, 0.1) is 22.6 Å². The zero-order valence-corrected chi connectivity index (χ0v) is 9.60. The highest BCUT2D eigenvalue weighted by molar-refractivity contribution is 5.74. The first kappa shape index (κ1) is 11.0. The van der Waals surface area contributed by atoms with E-state index < -0.39 is 0 Å². The number of aromatic nitrogens is 3. The monoisotopic (exact) mass is 228 g/mol. The minimum absolute atomic E-state index is 0.346. The Hall–Kier alpha value is -2.55. The van der Waals surface area contributed by atoms with E-state index in [4.69, 9.17) is 11.0 Å². The van der Waals surface area contributed by atoms with Gasteiger partial charge >= 0.3 is 0 Å². The summed E-state index contributed by atoms with van der Waals surface area (Å²) < 4.78 is 1.70. The number of nitrogens with zero attached hydrogens (tertiary/aromatic N) is 4. The summed E-state index contributed by atoms with van der Waals surface area (Å²) in [4.78, 5) is 4.11. The van der Waals surface area contributed by atoms with Crippen LogP contribution in [0.5, 0.6) is 0 Å². The Morgan fingerprint density at radius 3 is 2.88 bits per heavy atom. The molecule has 0 aliphatic heterocycles. The van der Waals surface area contributed by atoms with Crippen LogP contribution in [0.3, 0.4) is 0 Å². The second kappa shape index (κ2) is 4.14. The maximum Gasteiger partial charge on any atom is 0.155 e. The number of rotatable bonds is 2. The van der Waals surface area contributed by atoms with Gasteiger partial charge in [-0.1, -0.05) is 0 Å². The fourth-order valence-electron chi connectivity index (χ4n) is 1.52. The minimum Gasteiger partial charge on any atom is -0.395 e. The molecule has 0 amide bonds. The summed E-state index contributed by atoms with van der Waals surface area (Å²) in [7, 11) is 1.83. The molecule has 0 saturated heterocycles. The molecule has 17 heavy (non-hydrogen) atoms. The first-order chi connectivity index (χ1) is 8.11. The molecule has 2 aromatic rings. The standard InChI is InChI=1S/C11H12N6/c1-7-9(6-17(2)16-7)15-11-10(13)8(5-12)3-4-14-11/h3-4,6H,13H2,1-2H3,(H,14,15). The molecule has 6 nitrogen and oxygen atoms in total. The van der Waals surface area contributed by atoms with Crippen LogP contribution in [0.4, 0.5) is 17.2 Å². The zero-order chi connectivity index (χ0) is 12.4. The first-order valence-corrected chi connectivity index (χ1v) is 5.03. The lowest BCUT2D eigenvalue weighted by Crippen LogP contribution is -2.01. The van der Waals surface area contributed by atoms with Crippen LogP contribution in [0.2, 0.25) is 0 Å². The minimum atomic E-state index is 0.346. The van der Waals surface area contributed by atoms with Gasteiger partial charge in [0.25, 0.3) is 0 Å². The maximum absolute atomic E-state index is 8.87. The Morgan fingerprint density at radius 2 is 2.29 bits per heavy atom. The molecule has 0 radical (unpaired) electrons. The number of aryl methyl sites for hydroxylation is 2. The molecule has 0 aliphatic carbocycles. The molecule has 2 heterocycles. The molecular formula is C11H12N6. The fraction of sp³-hybridized carbons (Fsp3) is 0.182. The summed E-state index contributed by atoms with van der Waals surface area (Å²) in [6.07, 6.45) is 3.37. The lowest BCUT2D eigenvalue weighted by atomic mass is 10.2. The largest absolute Gasteiger partial charge is 0.395 e. The van der Waals surface area contributed by atoms with Gasteiger partial charge in [0.1, 0.15) is 6.07 Å². The Labute approximate surface area is 98.7 Å². The predicted octanol–water partition coefficient (Wildman–Crippen LogP) is 1.32. The van der Waals surface area contributed by atoms with Crippen molar-refractivity contribution in [3.05, 3.63) is 29.7 Å². The number of nitrogens with two attached hydrogens (primary N) is 1. The van der Waals surface area contributed by atoms with Crippen molar-refractivity contribution in [2.24, 2.45) is 7.05 Å². The average Bonchev–Trinajstić information content (AvgIpc) is 2.60. The highest BCUT2D eigenvalue weighted by Gasteiger charge is 2.09. The van der Waals surface area contributed by atoms with Crippen molar-refractivity contribution in [3.8, 4) is 6.07 Å². The van der Waals surface area contributed by atoms with Gasteiger partial charge in [-0.05, 0) is 13.0 Å². The van der Waals surface area contributed by atoms with E-state index >= 15 is 0 Å². The molecule has 0 aromatic carbocycles. The van der Waals surface area contributed by atoms with Crippen molar-refractivity contribution in [3.63, 3.8) is 0 Å². The van der Waals surface area contributed by atoms with Crippen LogP contribution in [-0.2, 0) is 7.05 Å². The van der Waals surface area contributed by atoms with Crippen molar-refractivity contribution in [1.29, 1.82) is 5.26 Å². The number of anilines is 3. The number of nitrogen functional groups attached to an aromatic ring is 1. The number of hydrogen-bond acceptors (Lipinski definition) is 5. The van der Waals surface area contributed by atoms with Crippen molar-refractivity contribution < 1.29 is 0 Å². The van der Waals surface area contributed by atoms with E-state index in [0.717, 1.165) is 11.4 Å². The number of pyridine rings is 1. The van der Waals surface area contributed by atoms with Crippen LogP contribution in [0.1, 0.15) is 11.3 Å². The van der Waals surface area contributed by atoms with Gasteiger partial charge in [-0.2, -0.15) is 10.4 Å². The van der Waals surface area contributed by atoms with Crippen LogP contribution in [0, 0.1) is 18.3 Å². The summed E-state index contributed by atoms with van der Waals surface area (Å²) in [6, 6.07) is 3.60. The molecular weight excluding hydrogens is 216 g/mol. The van der Waals surface area contributed by atoms with E-state index in [1.165, 1.54) is 0 Å². The average molecular weight is 228 g/mol. The highest BCUT2D eigenvalue weighted by Crippen LogP contribution is 2.24. The molecule has 0 atom stereocenters. The molecule has 2 aromatic heterocycles. The molecule has 6 heteroatoms. The fourth-order valence-corrected chi connectivity index (χ4v) is 1.52. The normalized spacial score (nSPS) is 9.94. The van der Waals surface area contributed by atoms with E-state index in [-0.39, 0.29) is 0 Å². The van der Waals surface area contributed by atoms with Crippen LogP contribution < -0.4 is 11.1 Å². The van der Waals surface area contributed by atoms with Gasteiger partial charge in [0.2, 0.25) is 0 Å². The Balaban J connectivity index is 2.37. The molecule has 0 aliphatic rings. The van der Waals surface area contributed by atoms with Crippen molar-refractivity contribution in [2.75, 3.05) is 11.1 Å². The predicted molar refractivity (Wildman–Crippen MR) is 64.6 cm³/mol. The molecule has 2 rings (SSSR count). The number of hydrogen-bond donors (Lipinski definition) is 2. The molecule has 86 valence electrons. The topological polar surface area (TPSA) is 92.5 Å². The highest BCUT2D eigenvalue weighted by atomic mass is 15.3. The van der Waals surface area contributed by atoms with E-state index in [1.54, 1.807) is 16.9 Å². The van der Waals surface area contributed by atoms with Crippen molar-refractivity contribution in [1.82, 2.24) is 14.8 Å². The van der Waals surface area contributed by atoms with Gasteiger partial charge in [-0.3, -0.25) is 4.68 Å². The van der Waals surface area contributed by atoms with Crippen molar-refractivity contribution in [2.45, 2.75) is 6.92 Å². The lowest BCUT2D eigenvalue weighted by Gasteiger charge is -2.07.